The number of carbonyl (C=O) groups excluding carboxylic acids is 1. The van der Waals surface area contributed by atoms with Crippen LogP contribution in [0.5, 0.6) is 0 Å². The largest absolute Gasteiger partial charge is 0.472 e. The second kappa shape index (κ2) is 4.81. The number of alkyl halides is 1. The van der Waals surface area contributed by atoms with E-state index in [0.717, 1.165) is 5.33 Å². The minimum atomic E-state index is 0.0106. The van der Waals surface area contributed by atoms with Gasteiger partial charge in [0.2, 0.25) is 0 Å². The molecule has 1 aromatic rings. The van der Waals surface area contributed by atoms with Crippen molar-refractivity contribution in [1.82, 2.24) is 4.90 Å². The molecule has 0 radical (unpaired) electrons. The van der Waals surface area contributed by atoms with Gasteiger partial charge in [-0.15, -0.1) is 0 Å². The number of amides is 1. The van der Waals surface area contributed by atoms with Gasteiger partial charge in [-0.25, -0.2) is 0 Å². The fourth-order valence-electron chi connectivity index (χ4n) is 1.60. The molecule has 1 unspecified atom stereocenters. The zero-order valence-electron chi connectivity index (χ0n) is 8.19. The molecule has 5 heteroatoms. The first kappa shape index (κ1) is 10.7. The molecule has 1 amide bonds. The maximum absolute atomic E-state index is 12.0. The number of furan rings is 1. The number of halogens is 1. The first-order chi connectivity index (χ1) is 7.33. The summed E-state index contributed by atoms with van der Waals surface area (Å²) < 4.78 is 10.2. The average molecular weight is 274 g/mol. The highest BCUT2D eigenvalue weighted by molar-refractivity contribution is 9.09. The van der Waals surface area contributed by atoms with Crippen molar-refractivity contribution in [1.29, 1.82) is 0 Å². The third kappa shape index (κ3) is 2.23. The van der Waals surface area contributed by atoms with E-state index in [4.69, 9.17) is 9.15 Å². The van der Waals surface area contributed by atoms with Crippen molar-refractivity contribution in [3.63, 3.8) is 0 Å². The molecule has 0 aliphatic carbocycles. The summed E-state index contributed by atoms with van der Waals surface area (Å²) in [6.45, 7) is 1.84. The molecule has 15 heavy (non-hydrogen) atoms. The molecule has 1 aliphatic heterocycles. The molecule has 0 spiro atoms. The van der Waals surface area contributed by atoms with Gasteiger partial charge in [-0.2, -0.15) is 0 Å². The van der Waals surface area contributed by atoms with E-state index in [1.807, 2.05) is 4.90 Å². The summed E-state index contributed by atoms with van der Waals surface area (Å²) in [5.41, 5.74) is 0.600. The monoisotopic (exact) mass is 273 g/mol. The topological polar surface area (TPSA) is 42.7 Å². The predicted molar refractivity (Wildman–Crippen MR) is 58.1 cm³/mol. The van der Waals surface area contributed by atoms with Gasteiger partial charge in [-0.3, -0.25) is 4.79 Å². The van der Waals surface area contributed by atoms with Gasteiger partial charge in [0.15, 0.2) is 0 Å². The molecule has 0 bridgehead atoms. The van der Waals surface area contributed by atoms with Gasteiger partial charge in [0.25, 0.3) is 5.91 Å². The minimum absolute atomic E-state index is 0.0106. The fourth-order valence-corrected chi connectivity index (χ4v) is 2.14. The Labute approximate surface area is 96.3 Å². The Balaban J connectivity index is 2.11. The minimum Gasteiger partial charge on any atom is -0.472 e. The molecule has 2 heterocycles. The number of hydrogen-bond acceptors (Lipinski definition) is 3. The molecule has 0 aromatic carbocycles. The molecule has 0 saturated carbocycles. The number of hydrogen-bond donors (Lipinski definition) is 0. The average Bonchev–Trinajstić information content (AvgIpc) is 2.81. The molecule has 1 saturated heterocycles. The molecule has 1 fully saturated rings. The van der Waals surface area contributed by atoms with E-state index < -0.39 is 0 Å². The summed E-state index contributed by atoms with van der Waals surface area (Å²) in [7, 11) is 0. The van der Waals surface area contributed by atoms with Crippen LogP contribution in [0.4, 0.5) is 0 Å². The Morgan fingerprint density at radius 2 is 2.53 bits per heavy atom. The molecule has 1 aromatic heterocycles. The van der Waals surface area contributed by atoms with E-state index in [2.05, 4.69) is 15.9 Å². The SMILES string of the molecule is O=C(c1ccoc1)N1CCOCC1CBr. The van der Waals surface area contributed by atoms with Gasteiger partial charge in [0, 0.05) is 11.9 Å². The van der Waals surface area contributed by atoms with Crippen molar-refractivity contribution < 1.29 is 13.9 Å². The summed E-state index contributed by atoms with van der Waals surface area (Å²) >= 11 is 3.39. The Morgan fingerprint density at radius 3 is 3.20 bits per heavy atom. The van der Waals surface area contributed by atoms with Crippen LogP contribution in [0.3, 0.4) is 0 Å². The second-order valence-corrected chi connectivity index (χ2v) is 4.04. The summed E-state index contributed by atoms with van der Waals surface area (Å²) in [5.74, 6) is 0.0106. The third-order valence-electron chi connectivity index (χ3n) is 2.43. The number of rotatable bonds is 2. The number of ether oxygens (including phenoxy) is 1. The van der Waals surface area contributed by atoms with Crippen LogP contribution in [0.1, 0.15) is 10.4 Å². The Morgan fingerprint density at radius 1 is 1.67 bits per heavy atom. The highest BCUT2D eigenvalue weighted by atomic mass is 79.9. The van der Waals surface area contributed by atoms with Crippen molar-refractivity contribution in [3.05, 3.63) is 24.2 Å². The van der Waals surface area contributed by atoms with E-state index in [-0.39, 0.29) is 11.9 Å². The van der Waals surface area contributed by atoms with Gasteiger partial charge in [-0.05, 0) is 6.07 Å². The molecule has 4 nitrogen and oxygen atoms in total. The number of carbonyl (C=O) groups is 1. The van der Waals surface area contributed by atoms with E-state index in [1.54, 1.807) is 6.07 Å². The van der Waals surface area contributed by atoms with E-state index >= 15 is 0 Å². The van der Waals surface area contributed by atoms with Crippen molar-refractivity contribution >= 4 is 21.8 Å². The van der Waals surface area contributed by atoms with Crippen LogP contribution in [0, 0.1) is 0 Å². The maximum Gasteiger partial charge on any atom is 0.257 e. The summed E-state index contributed by atoms with van der Waals surface area (Å²) in [4.78, 5) is 13.8. The van der Waals surface area contributed by atoms with Crippen molar-refractivity contribution in [2.75, 3.05) is 25.1 Å². The van der Waals surface area contributed by atoms with E-state index in [9.17, 15) is 4.79 Å². The number of nitrogens with zero attached hydrogens (tertiary/aromatic N) is 1. The van der Waals surface area contributed by atoms with Crippen LogP contribution < -0.4 is 0 Å². The van der Waals surface area contributed by atoms with Crippen LogP contribution in [-0.4, -0.2) is 41.9 Å². The van der Waals surface area contributed by atoms with Crippen LogP contribution >= 0.6 is 15.9 Å². The lowest BCUT2D eigenvalue weighted by Gasteiger charge is -2.34. The van der Waals surface area contributed by atoms with Crippen molar-refractivity contribution in [2.24, 2.45) is 0 Å². The lowest BCUT2D eigenvalue weighted by atomic mass is 10.2. The van der Waals surface area contributed by atoms with Crippen LogP contribution in [0.15, 0.2) is 23.0 Å². The maximum atomic E-state index is 12.0. The van der Waals surface area contributed by atoms with Gasteiger partial charge in [0.1, 0.15) is 6.26 Å². The second-order valence-electron chi connectivity index (χ2n) is 3.39. The Kier molecular flexibility index (Phi) is 3.43. The van der Waals surface area contributed by atoms with Gasteiger partial charge in [0.05, 0.1) is 31.1 Å². The lowest BCUT2D eigenvalue weighted by molar-refractivity contribution is 0.00521. The number of morpholine rings is 1. The zero-order chi connectivity index (χ0) is 10.7. The zero-order valence-corrected chi connectivity index (χ0v) is 9.77. The highest BCUT2D eigenvalue weighted by Crippen LogP contribution is 2.14. The van der Waals surface area contributed by atoms with Crippen LogP contribution in [0.2, 0.25) is 0 Å². The molecular weight excluding hydrogens is 262 g/mol. The summed E-state index contributed by atoms with van der Waals surface area (Å²) in [6, 6.07) is 1.80. The molecule has 82 valence electrons. The first-order valence-electron chi connectivity index (χ1n) is 4.80. The Hall–Kier alpha value is -0.810. The lowest BCUT2D eigenvalue weighted by Crippen LogP contribution is -2.49. The highest BCUT2D eigenvalue weighted by Gasteiger charge is 2.27. The normalized spacial score (nSPS) is 21.7. The first-order valence-corrected chi connectivity index (χ1v) is 5.92. The van der Waals surface area contributed by atoms with Gasteiger partial charge >= 0.3 is 0 Å². The van der Waals surface area contributed by atoms with Gasteiger partial charge < -0.3 is 14.1 Å². The molecule has 1 aliphatic rings. The fraction of sp³-hybridized carbons (Fsp3) is 0.500. The van der Waals surface area contributed by atoms with Crippen LogP contribution in [-0.2, 0) is 4.74 Å². The smallest absolute Gasteiger partial charge is 0.257 e. The quantitative estimate of drug-likeness (QED) is 0.768. The van der Waals surface area contributed by atoms with Gasteiger partial charge in [-0.1, -0.05) is 15.9 Å². The van der Waals surface area contributed by atoms with E-state index in [0.29, 0.717) is 25.3 Å². The van der Waals surface area contributed by atoms with Crippen LogP contribution in [0.25, 0.3) is 0 Å². The summed E-state index contributed by atoms with van der Waals surface area (Å²) in [6.07, 6.45) is 2.99. The summed E-state index contributed by atoms with van der Waals surface area (Å²) in [5, 5.41) is 0.733. The van der Waals surface area contributed by atoms with E-state index in [1.165, 1.54) is 12.5 Å². The van der Waals surface area contributed by atoms with Crippen molar-refractivity contribution in [2.45, 2.75) is 6.04 Å². The molecular formula is C10H12BrNO3. The van der Waals surface area contributed by atoms with Crippen molar-refractivity contribution in [3.8, 4) is 0 Å². The molecule has 0 N–H and O–H groups in total. The third-order valence-corrected chi connectivity index (χ3v) is 3.18. The Bertz CT molecular complexity index is 325. The standard InChI is InChI=1S/C10H12BrNO3/c11-5-9-7-15-4-2-12(9)10(13)8-1-3-14-6-8/h1,3,6,9H,2,4-5,7H2. The molecule has 1 atom stereocenters. The predicted octanol–water partition coefficient (Wildman–Crippen LogP) is 1.52. The molecule has 2 rings (SSSR count).